The molecule has 1 nitrogen and oxygen atoms in total. The van der Waals surface area contributed by atoms with E-state index in [-0.39, 0.29) is 0 Å². The first-order chi connectivity index (χ1) is 9.08. The largest absolute Gasteiger partial charge is 0.389 e. The molecule has 0 radical (unpaired) electrons. The van der Waals surface area contributed by atoms with Crippen LogP contribution in [0.1, 0.15) is 19.4 Å². The van der Waals surface area contributed by atoms with Gasteiger partial charge >= 0.3 is 0 Å². The molecular weight excluding hydrogens is 256 g/mol. The number of hydrogen-bond donors (Lipinski definition) is 1. The zero-order valence-electron chi connectivity index (χ0n) is 11.1. The molecule has 1 unspecified atom stereocenters. The van der Waals surface area contributed by atoms with Gasteiger partial charge in [-0.25, -0.2) is 0 Å². The molecule has 0 saturated heterocycles. The van der Waals surface area contributed by atoms with Crippen molar-refractivity contribution in [2.24, 2.45) is 0 Å². The van der Waals surface area contributed by atoms with Gasteiger partial charge in [0.25, 0.3) is 0 Å². The molecule has 19 heavy (non-hydrogen) atoms. The van der Waals surface area contributed by atoms with Crippen LogP contribution in [0.2, 0.25) is 5.02 Å². The monoisotopic (exact) mass is 272 g/mol. The molecule has 0 aromatic heterocycles. The van der Waals surface area contributed by atoms with Crippen molar-refractivity contribution in [2.45, 2.75) is 20.0 Å². The fourth-order valence-corrected chi connectivity index (χ4v) is 2.36. The minimum absolute atomic E-state index is 0.451. The van der Waals surface area contributed by atoms with Gasteiger partial charge in [0.2, 0.25) is 0 Å². The smallest absolute Gasteiger partial charge is 0.0698 e. The summed E-state index contributed by atoms with van der Waals surface area (Å²) in [5, 5.41) is 10.1. The number of aliphatic hydroxyl groups excluding tert-OH is 1. The summed E-state index contributed by atoms with van der Waals surface area (Å²) >= 11 is 6.35. The fraction of sp³-hybridized carbons (Fsp3) is 0.176. The van der Waals surface area contributed by atoms with Gasteiger partial charge in [0.15, 0.2) is 0 Å². The quantitative estimate of drug-likeness (QED) is 0.852. The zero-order valence-corrected chi connectivity index (χ0v) is 11.9. The molecule has 0 fully saturated rings. The van der Waals surface area contributed by atoms with Gasteiger partial charge in [-0.15, -0.1) is 0 Å². The summed E-state index contributed by atoms with van der Waals surface area (Å²) in [6, 6.07) is 16.1. The highest BCUT2D eigenvalue weighted by Gasteiger charge is 2.05. The lowest BCUT2D eigenvalue weighted by atomic mass is 10.0. The molecule has 0 aliphatic carbocycles. The van der Waals surface area contributed by atoms with E-state index in [1.165, 1.54) is 0 Å². The van der Waals surface area contributed by atoms with Gasteiger partial charge in [-0.1, -0.05) is 60.1 Å². The minimum Gasteiger partial charge on any atom is -0.389 e. The maximum absolute atomic E-state index is 9.38. The summed E-state index contributed by atoms with van der Waals surface area (Å²) in [6.07, 6.45) is 1.36. The van der Waals surface area contributed by atoms with Crippen molar-refractivity contribution in [3.8, 4) is 11.1 Å². The van der Waals surface area contributed by atoms with Gasteiger partial charge < -0.3 is 5.11 Å². The summed E-state index contributed by atoms with van der Waals surface area (Å²) in [4.78, 5) is 0. The first kappa shape index (κ1) is 13.9. The Morgan fingerprint density at radius 2 is 1.84 bits per heavy atom. The molecule has 2 aromatic rings. The van der Waals surface area contributed by atoms with Crippen molar-refractivity contribution in [3.63, 3.8) is 0 Å². The fourth-order valence-electron chi connectivity index (χ4n) is 2.07. The number of benzene rings is 2. The summed E-state index contributed by atoms with van der Waals surface area (Å²) in [7, 11) is 0. The van der Waals surface area contributed by atoms with Gasteiger partial charge in [0.1, 0.15) is 0 Å². The topological polar surface area (TPSA) is 20.2 Å². The molecule has 2 rings (SSSR count). The number of rotatable bonds is 3. The average Bonchev–Trinajstić information content (AvgIpc) is 2.38. The first-order valence-electron chi connectivity index (χ1n) is 6.30. The molecule has 0 amide bonds. The Hall–Kier alpha value is -1.57. The molecule has 0 aliphatic rings. The first-order valence-corrected chi connectivity index (χ1v) is 6.67. The van der Waals surface area contributed by atoms with Crippen LogP contribution in [-0.4, -0.2) is 11.2 Å². The number of aliphatic hydroxyl groups is 1. The molecule has 0 heterocycles. The second-order valence-electron chi connectivity index (χ2n) is 4.65. The lowest BCUT2D eigenvalue weighted by molar-refractivity contribution is 0.244. The number of allylic oxidation sites excluding steroid dienone is 1. The van der Waals surface area contributed by atoms with Crippen LogP contribution in [-0.2, 0) is 0 Å². The van der Waals surface area contributed by atoms with Crippen LogP contribution in [0.25, 0.3) is 16.7 Å². The Kier molecular flexibility index (Phi) is 4.41. The highest BCUT2D eigenvalue weighted by Crippen LogP contribution is 2.30. The van der Waals surface area contributed by atoms with E-state index in [1.54, 1.807) is 6.92 Å². The predicted octanol–water partition coefficient (Wildman–Crippen LogP) is 4.79. The van der Waals surface area contributed by atoms with E-state index in [0.29, 0.717) is 0 Å². The Morgan fingerprint density at radius 1 is 1.16 bits per heavy atom. The van der Waals surface area contributed by atoms with Gasteiger partial charge in [-0.05, 0) is 36.6 Å². The molecule has 0 bridgehead atoms. The van der Waals surface area contributed by atoms with E-state index in [0.717, 1.165) is 27.3 Å². The Bertz CT molecular complexity index is 585. The van der Waals surface area contributed by atoms with Crippen LogP contribution < -0.4 is 0 Å². The van der Waals surface area contributed by atoms with Crippen molar-refractivity contribution < 1.29 is 5.11 Å². The van der Waals surface area contributed by atoms with E-state index < -0.39 is 6.10 Å². The molecule has 2 aromatic carbocycles. The van der Waals surface area contributed by atoms with Crippen molar-refractivity contribution in [1.82, 2.24) is 0 Å². The van der Waals surface area contributed by atoms with E-state index in [4.69, 9.17) is 11.6 Å². The molecule has 0 aliphatic heterocycles. The van der Waals surface area contributed by atoms with Gasteiger partial charge in [-0.3, -0.25) is 0 Å². The SMILES string of the molecule is CC(=CC(C)O)c1ccc(-c2ccccc2)c(Cl)c1. The third kappa shape index (κ3) is 3.46. The lowest BCUT2D eigenvalue weighted by Gasteiger charge is -2.09. The summed E-state index contributed by atoms with van der Waals surface area (Å²) in [6.45, 7) is 3.71. The third-order valence-electron chi connectivity index (χ3n) is 3.00. The molecule has 0 spiro atoms. The van der Waals surface area contributed by atoms with Gasteiger partial charge in [-0.2, -0.15) is 0 Å². The second kappa shape index (κ2) is 6.05. The van der Waals surface area contributed by atoms with Crippen LogP contribution in [0.15, 0.2) is 54.6 Å². The van der Waals surface area contributed by atoms with Crippen molar-refractivity contribution in [1.29, 1.82) is 0 Å². The maximum atomic E-state index is 9.38. The third-order valence-corrected chi connectivity index (χ3v) is 3.31. The lowest BCUT2D eigenvalue weighted by Crippen LogP contribution is -1.94. The van der Waals surface area contributed by atoms with Crippen LogP contribution >= 0.6 is 11.6 Å². The predicted molar refractivity (Wildman–Crippen MR) is 82.2 cm³/mol. The maximum Gasteiger partial charge on any atom is 0.0698 e. The van der Waals surface area contributed by atoms with Crippen LogP contribution in [0.3, 0.4) is 0 Å². The molecule has 98 valence electrons. The van der Waals surface area contributed by atoms with Crippen LogP contribution in [0, 0.1) is 0 Å². The van der Waals surface area contributed by atoms with Crippen LogP contribution in [0.5, 0.6) is 0 Å². The second-order valence-corrected chi connectivity index (χ2v) is 5.06. The summed E-state index contributed by atoms with van der Waals surface area (Å²) in [5.41, 5.74) is 4.19. The molecule has 1 atom stereocenters. The molecule has 0 saturated carbocycles. The normalized spacial score (nSPS) is 13.4. The Balaban J connectivity index is 2.38. The summed E-state index contributed by atoms with van der Waals surface area (Å²) in [5.74, 6) is 0. The van der Waals surface area contributed by atoms with Gasteiger partial charge in [0, 0.05) is 10.6 Å². The molecule has 2 heteroatoms. The zero-order chi connectivity index (χ0) is 13.8. The molecular formula is C17H17ClO. The standard InChI is InChI=1S/C17H17ClO/c1-12(10-13(2)19)15-8-9-16(17(18)11-15)14-6-4-3-5-7-14/h3-11,13,19H,1-2H3. The van der Waals surface area contributed by atoms with E-state index >= 15 is 0 Å². The number of halogens is 1. The highest BCUT2D eigenvalue weighted by atomic mass is 35.5. The van der Waals surface area contributed by atoms with Crippen molar-refractivity contribution >= 4 is 17.2 Å². The Morgan fingerprint density at radius 3 is 2.42 bits per heavy atom. The number of hydrogen-bond acceptors (Lipinski definition) is 1. The Labute approximate surface area is 119 Å². The molecule has 1 N–H and O–H groups in total. The van der Waals surface area contributed by atoms with Crippen molar-refractivity contribution in [3.05, 3.63) is 65.2 Å². The van der Waals surface area contributed by atoms with Gasteiger partial charge in [0.05, 0.1) is 6.10 Å². The van der Waals surface area contributed by atoms with Crippen molar-refractivity contribution in [2.75, 3.05) is 0 Å². The highest BCUT2D eigenvalue weighted by molar-refractivity contribution is 6.33. The van der Waals surface area contributed by atoms with E-state index in [1.807, 2.05) is 61.5 Å². The minimum atomic E-state index is -0.451. The van der Waals surface area contributed by atoms with Crippen LogP contribution in [0.4, 0.5) is 0 Å². The van der Waals surface area contributed by atoms with E-state index in [2.05, 4.69) is 0 Å². The van der Waals surface area contributed by atoms with E-state index in [9.17, 15) is 5.11 Å². The summed E-state index contributed by atoms with van der Waals surface area (Å²) < 4.78 is 0. The average molecular weight is 273 g/mol.